The second-order valence-electron chi connectivity index (χ2n) is 6.58. The minimum Gasteiger partial charge on any atom is -0.338 e. The summed E-state index contributed by atoms with van der Waals surface area (Å²) in [4.78, 5) is 45.4. The number of H-pyrrole nitrogens is 1. The summed E-state index contributed by atoms with van der Waals surface area (Å²) in [5.74, 6) is 0.554. The first-order chi connectivity index (χ1) is 12.5. The molecule has 1 aromatic carbocycles. The molecule has 2 heterocycles. The molecule has 1 atom stereocenters. The molecule has 1 amide bonds. The van der Waals surface area contributed by atoms with Gasteiger partial charge in [-0.1, -0.05) is 12.1 Å². The predicted molar refractivity (Wildman–Crippen MR) is 105 cm³/mol. The number of hydrogen-bond donors (Lipinski definition) is 1. The Morgan fingerprint density at radius 1 is 1.19 bits per heavy atom. The fourth-order valence-electron chi connectivity index (χ4n) is 3.29. The molecule has 3 rings (SSSR count). The lowest BCUT2D eigenvalue weighted by Crippen LogP contribution is -2.52. The molecular formula is C18H24N4O3S. The van der Waals surface area contributed by atoms with Gasteiger partial charge < -0.3 is 14.8 Å². The number of rotatable bonds is 5. The topological polar surface area (TPSA) is 78.4 Å². The van der Waals surface area contributed by atoms with Crippen LogP contribution in [0.25, 0.3) is 10.9 Å². The van der Waals surface area contributed by atoms with E-state index in [4.69, 9.17) is 0 Å². The number of likely N-dealkylation sites (N-methyl/N-ethyl adjacent to an activating group) is 1. The molecule has 0 radical (unpaired) electrons. The van der Waals surface area contributed by atoms with Crippen LogP contribution < -0.4 is 11.2 Å². The molecule has 0 bridgehead atoms. The van der Waals surface area contributed by atoms with Gasteiger partial charge in [0.05, 0.1) is 10.9 Å². The van der Waals surface area contributed by atoms with Crippen molar-refractivity contribution in [2.75, 3.05) is 45.2 Å². The van der Waals surface area contributed by atoms with Gasteiger partial charge >= 0.3 is 5.69 Å². The first-order valence-electron chi connectivity index (χ1n) is 8.72. The number of para-hydroxylation sites is 1. The molecule has 1 aliphatic rings. The summed E-state index contributed by atoms with van der Waals surface area (Å²) >= 11 is 1.60. The highest BCUT2D eigenvalue weighted by Crippen LogP contribution is 2.17. The molecule has 1 N–H and O–H groups in total. The Morgan fingerprint density at radius 2 is 1.88 bits per heavy atom. The van der Waals surface area contributed by atoms with Gasteiger partial charge in [0.1, 0.15) is 6.04 Å². The van der Waals surface area contributed by atoms with E-state index in [1.807, 2.05) is 13.3 Å². The molecule has 0 saturated carbocycles. The van der Waals surface area contributed by atoms with Crippen molar-refractivity contribution in [2.45, 2.75) is 12.5 Å². The van der Waals surface area contributed by atoms with Crippen LogP contribution in [0.3, 0.4) is 0 Å². The summed E-state index contributed by atoms with van der Waals surface area (Å²) in [5, 5.41) is 0.424. The van der Waals surface area contributed by atoms with Gasteiger partial charge in [0, 0.05) is 26.2 Å². The lowest BCUT2D eigenvalue weighted by molar-refractivity contribution is -0.136. The minimum absolute atomic E-state index is 0.143. The number of nitrogens with one attached hydrogen (secondary N) is 1. The zero-order valence-electron chi connectivity index (χ0n) is 15.1. The van der Waals surface area contributed by atoms with E-state index >= 15 is 0 Å². The lowest BCUT2D eigenvalue weighted by atomic mass is 10.1. The van der Waals surface area contributed by atoms with Crippen molar-refractivity contribution in [1.29, 1.82) is 0 Å². The predicted octanol–water partition coefficient (Wildman–Crippen LogP) is 0.758. The zero-order chi connectivity index (χ0) is 18.7. The Labute approximate surface area is 156 Å². The van der Waals surface area contributed by atoms with Crippen molar-refractivity contribution >= 4 is 28.6 Å². The Hall–Kier alpha value is -2.06. The molecule has 1 saturated heterocycles. The number of carbonyl (C=O) groups excluding carboxylic acids is 1. The number of amides is 1. The minimum atomic E-state index is -0.772. The van der Waals surface area contributed by atoms with Crippen molar-refractivity contribution in [2.24, 2.45) is 0 Å². The number of hydrogen-bond acceptors (Lipinski definition) is 5. The van der Waals surface area contributed by atoms with Crippen molar-refractivity contribution < 1.29 is 4.79 Å². The number of benzene rings is 1. The van der Waals surface area contributed by atoms with Crippen molar-refractivity contribution in [3.63, 3.8) is 0 Å². The largest absolute Gasteiger partial charge is 0.338 e. The van der Waals surface area contributed by atoms with E-state index in [1.54, 1.807) is 40.9 Å². The average molecular weight is 376 g/mol. The molecule has 1 aliphatic heterocycles. The molecule has 0 aliphatic carbocycles. The van der Waals surface area contributed by atoms with Crippen LogP contribution in [0.15, 0.2) is 33.9 Å². The highest BCUT2D eigenvalue weighted by molar-refractivity contribution is 7.98. The van der Waals surface area contributed by atoms with E-state index in [0.29, 0.717) is 36.2 Å². The molecule has 8 heteroatoms. The summed E-state index contributed by atoms with van der Waals surface area (Å²) in [6.45, 7) is 2.82. The van der Waals surface area contributed by atoms with Gasteiger partial charge in [-0.2, -0.15) is 11.8 Å². The van der Waals surface area contributed by atoms with Gasteiger partial charge in [-0.05, 0) is 37.6 Å². The number of aromatic nitrogens is 2. The third-order valence-corrected chi connectivity index (χ3v) is 5.49. The van der Waals surface area contributed by atoms with Gasteiger partial charge in [-0.15, -0.1) is 0 Å². The fraction of sp³-hybridized carbons (Fsp3) is 0.500. The lowest BCUT2D eigenvalue weighted by Gasteiger charge is -2.34. The molecular weight excluding hydrogens is 352 g/mol. The van der Waals surface area contributed by atoms with Gasteiger partial charge in [0.2, 0.25) is 5.91 Å². The summed E-state index contributed by atoms with van der Waals surface area (Å²) in [6.07, 6.45) is 2.40. The van der Waals surface area contributed by atoms with Gasteiger partial charge in [-0.3, -0.25) is 9.59 Å². The van der Waals surface area contributed by atoms with E-state index in [1.165, 1.54) is 0 Å². The molecule has 2 aromatic rings. The maximum absolute atomic E-state index is 13.1. The van der Waals surface area contributed by atoms with E-state index in [2.05, 4.69) is 9.88 Å². The number of piperazine rings is 1. The van der Waals surface area contributed by atoms with E-state index < -0.39 is 17.3 Å². The number of fused-ring (bicyclic) bond motifs is 1. The smallest absolute Gasteiger partial charge is 0.329 e. The third kappa shape index (κ3) is 3.71. The Kier molecular flexibility index (Phi) is 5.83. The summed E-state index contributed by atoms with van der Waals surface area (Å²) in [5.41, 5.74) is -0.436. The molecule has 26 heavy (non-hydrogen) atoms. The quantitative estimate of drug-likeness (QED) is 0.834. The second-order valence-corrected chi connectivity index (χ2v) is 7.56. The van der Waals surface area contributed by atoms with Crippen molar-refractivity contribution in [1.82, 2.24) is 19.4 Å². The maximum atomic E-state index is 13.1. The Bertz CT molecular complexity index is 899. The maximum Gasteiger partial charge on any atom is 0.329 e. The van der Waals surface area contributed by atoms with Crippen LogP contribution in [-0.2, 0) is 4.79 Å². The number of aromatic amines is 1. The number of nitrogens with zero attached hydrogens (tertiary/aromatic N) is 3. The van der Waals surface area contributed by atoms with Crippen LogP contribution in [0.2, 0.25) is 0 Å². The summed E-state index contributed by atoms with van der Waals surface area (Å²) in [6, 6.07) is 6.12. The Balaban J connectivity index is 2.03. The Morgan fingerprint density at radius 3 is 2.58 bits per heavy atom. The first-order valence-corrected chi connectivity index (χ1v) is 10.1. The molecule has 140 valence electrons. The van der Waals surface area contributed by atoms with Crippen molar-refractivity contribution in [3.05, 3.63) is 45.1 Å². The van der Waals surface area contributed by atoms with Crippen molar-refractivity contribution in [3.8, 4) is 0 Å². The fourth-order valence-corrected chi connectivity index (χ4v) is 3.75. The summed E-state index contributed by atoms with van der Waals surface area (Å²) in [7, 11) is 2.02. The first kappa shape index (κ1) is 18.7. The molecule has 1 aromatic heterocycles. The van der Waals surface area contributed by atoms with Crippen LogP contribution in [-0.4, -0.2) is 70.5 Å². The van der Waals surface area contributed by atoms with Crippen LogP contribution in [0.4, 0.5) is 0 Å². The van der Waals surface area contributed by atoms with Crippen LogP contribution in [0.5, 0.6) is 0 Å². The molecule has 1 fully saturated rings. The monoisotopic (exact) mass is 376 g/mol. The number of thioether (sulfide) groups is 1. The third-order valence-electron chi connectivity index (χ3n) is 4.84. The van der Waals surface area contributed by atoms with Gasteiger partial charge in [0.25, 0.3) is 5.56 Å². The van der Waals surface area contributed by atoms with Gasteiger partial charge in [-0.25, -0.2) is 9.36 Å². The highest BCUT2D eigenvalue weighted by atomic mass is 32.2. The summed E-state index contributed by atoms with van der Waals surface area (Å²) < 4.78 is 1.11. The van der Waals surface area contributed by atoms with Crippen LogP contribution in [0, 0.1) is 0 Å². The van der Waals surface area contributed by atoms with Crippen LogP contribution in [0.1, 0.15) is 12.5 Å². The average Bonchev–Trinajstić information content (AvgIpc) is 2.64. The van der Waals surface area contributed by atoms with Crippen LogP contribution >= 0.6 is 11.8 Å². The van der Waals surface area contributed by atoms with E-state index in [0.717, 1.165) is 17.7 Å². The molecule has 0 spiro atoms. The number of carbonyl (C=O) groups is 1. The molecule has 7 nitrogen and oxygen atoms in total. The zero-order valence-corrected chi connectivity index (χ0v) is 15.9. The highest BCUT2D eigenvalue weighted by Gasteiger charge is 2.30. The van der Waals surface area contributed by atoms with Gasteiger partial charge in [0.15, 0.2) is 0 Å². The normalized spacial score (nSPS) is 16.8. The second kappa shape index (κ2) is 8.09. The van der Waals surface area contributed by atoms with E-state index in [-0.39, 0.29) is 5.91 Å². The molecule has 0 unspecified atom stereocenters. The standard InChI is InChI=1S/C18H24N4O3S/c1-20-8-10-21(11-9-20)17(24)15(7-12-26-2)22-16(23)13-5-3-4-6-14(13)19-18(22)25/h3-6,15H,7-12H2,1-2H3,(H,19,25)/t15-/m0/s1. The SMILES string of the molecule is CSCC[C@@H](C(=O)N1CCN(C)CC1)n1c(=O)[nH]c2ccccc2c1=O. The van der Waals surface area contributed by atoms with E-state index in [9.17, 15) is 14.4 Å².